The van der Waals surface area contributed by atoms with Crippen LogP contribution in [0.2, 0.25) is 0 Å². The van der Waals surface area contributed by atoms with Crippen LogP contribution in [0.25, 0.3) is 0 Å². The molecular formula is C21H18N2O2. The lowest BCUT2D eigenvalue weighted by atomic mass is 10.2. The van der Waals surface area contributed by atoms with Crippen molar-refractivity contribution in [3.8, 4) is 0 Å². The van der Waals surface area contributed by atoms with Gasteiger partial charge in [0.1, 0.15) is 0 Å². The number of amides is 2. The van der Waals surface area contributed by atoms with Gasteiger partial charge in [0.05, 0.1) is 6.54 Å². The van der Waals surface area contributed by atoms with Crippen molar-refractivity contribution >= 4 is 11.8 Å². The summed E-state index contributed by atoms with van der Waals surface area (Å²) in [4.78, 5) is 25.3. The molecule has 0 radical (unpaired) electrons. The van der Waals surface area contributed by atoms with Crippen molar-refractivity contribution in [3.05, 3.63) is 108 Å². The van der Waals surface area contributed by atoms with E-state index in [0.29, 0.717) is 11.1 Å². The summed E-state index contributed by atoms with van der Waals surface area (Å²) >= 11 is 0. The lowest BCUT2D eigenvalue weighted by Crippen LogP contribution is -2.45. The van der Waals surface area contributed by atoms with E-state index < -0.39 is 0 Å². The van der Waals surface area contributed by atoms with Gasteiger partial charge in [-0.2, -0.15) is 0 Å². The minimum atomic E-state index is -0.319. The fourth-order valence-corrected chi connectivity index (χ4v) is 2.44. The molecule has 0 aromatic heterocycles. The Morgan fingerprint density at radius 2 is 1.16 bits per heavy atom. The molecule has 4 nitrogen and oxygen atoms in total. The van der Waals surface area contributed by atoms with E-state index in [2.05, 4.69) is 5.43 Å². The second-order valence-corrected chi connectivity index (χ2v) is 5.55. The Labute approximate surface area is 146 Å². The molecule has 0 aliphatic heterocycles. The third-order valence-electron chi connectivity index (χ3n) is 3.72. The molecule has 0 atom stereocenters. The molecule has 0 saturated heterocycles. The summed E-state index contributed by atoms with van der Waals surface area (Å²) in [5, 5.41) is 1.35. The molecule has 0 heterocycles. The number of carbonyl (C=O) groups is 2. The molecule has 0 bridgehead atoms. The summed E-state index contributed by atoms with van der Waals surface area (Å²) in [6, 6.07) is 27.3. The Bertz CT molecular complexity index is 834. The van der Waals surface area contributed by atoms with Gasteiger partial charge in [-0.05, 0) is 29.8 Å². The van der Waals surface area contributed by atoms with E-state index in [1.54, 1.807) is 48.5 Å². The zero-order chi connectivity index (χ0) is 17.5. The number of rotatable bonds is 4. The SMILES string of the molecule is O=C(NN(Cc1ccccc1)C(=O)c1ccccc1)c1ccccc1. The van der Waals surface area contributed by atoms with Gasteiger partial charge in [-0.25, -0.2) is 5.01 Å². The molecule has 0 fully saturated rings. The minimum absolute atomic E-state index is 0.256. The zero-order valence-corrected chi connectivity index (χ0v) is 13.6. The fourth-order valence-electron chi connectivity index (χ4n) is 2.44. The number of benzene rings is 3. The Hall–Kier alpha value is -3.40. The summed E-state index contributed by atoms with van der Waals surface area (Å²) in [5.74, 6) is -0.574. The van der Waals surface area contributed by atoms with Crippen LogP contribution in [0.3, 0.4) is 0 Å². The molecule has 0 aliphatic rings. The lowest BCUT2D eigenvalue weighted by molar-refractivity contribution is 0.0566. The van der Waals surface area contributed by atoms with Crippen molar-refractivity contribution in [1.29, 1.82) is 0 Å². The van der Waals surface area contributed by atoms with Crippen molar-refractivity contribution in [2.24, 2.45) is 0 Å². The third-order valence-corrected chi connectivity index (χ3v) is 3.72. The molecule has 4 heteroatoms. The van der Waals surface area contributed by atoms with E-state index in [4.69, 9.17) is 0 Å². The number of nitrogens with zero attached hydrogens (tertiary/aromatic N) is 1. The molecule has 3 aromatic carbocycles. The molecule has 0 unspecified atom stereocenters. The molecule has 1 N–H and O–H groups in total. The number of nitrogens with one attached hydrogen (secondary N) is 1. The topological polar surface area (TPSA) is 49.4 Å². The molecule has 2 amide bonds. The zero-order valence-electron chi connectivity index (χ0n) is 13.6. The van der Waals surface area contributed by atoms with Gasteiger partial charge in [0, 0.05) is 11.1 Å². The first-order chi connectivity index (χ1) is 12.2. The first-order valence-corrected chi connectivity index (χ1v) is 8.01. The molecule has 3 rings (SSSR count). The third kappa shape index (κ3) is 4.32. The molecular weight excluding hydrogens is 312 g/mol. The van der Waals surface area contributed by atoms with Crippen LogP contribution in [0.15, 0.2) is 91.0 Å². The summed E-state index contributed by atoms with van der Waals surface area (Å²) in [6.07, 6.45) is 0. The summed E-state index contributed by atoms with van der Waals surface area (Å²) < 4.78 is 0. The predicted molar refractivity (Wildman–Crippen MR) is 96.7 cm³/mol. The van der Waals surface area contributed by atoms with Gasteiger partial charge in [-0.1, -0.05) is 66.7 Å². The minimum Gasteiger partial charge on any atom is -0.267 e. The van der Waals surface area contributed by atoms with Gasteiger partial charge in [-0.3, -0.25) is 15.0 Å². The van der Waals surface area contributed by atoms with Crippen LogP contribution in [-0.4, -0.2) is 16.8 Å². The highest BCUT2D eigenvalue weighted by Crippen LogP contribution is 2.09. The second-order valence-electron chi connectivity index (χ2n) is 5.55. The van der Waals surface area contributed by atoms with Crippen molar-refractivity contribution in [2.45, 2.75) is 6.54 Å². The standard InChI is InChI=1S/C21H18N2O2/c24-20(18-12-6-2-7-13-18)22-23(16-17-10-4-1-5-11-17)21(25)19-14-8-3-9-15-19/h1-15H,16H2,(H,22,24). The quantitative estimate of drug-likeness (QED) is 0.742. The summed E-state index contributed by atoms with van der Waals surface area (Å²) in [6.45, 7) is 0.285. The largest absolute Gasteiger partial charge is 0.272 e. The highest BCUT2D eigenvalue weighted by atomic mass is 16.2. The van der Waals surface area contributed by atoms with Crippen molar-refractivity contribution in [3.63, 3.8) is 0 Å². The average molecular weight is 330 g/mol. The van der Waals surface area contributed by atoms with Gasteiger partial charge < -0.3 is 0 Å². The van der Waals surface area contributed by atoms with E-state index in [-0.39, 0.29) is 18.4 Å². The maximum absolute atomic E-state index is 12.8. The smallest absolute Gasteiger partial charge is 0.267 e. The summed E-state index contributed by atoms with van der Waals surface area (Å²) in [7, 11) is 0. The molecule has 3 aromatic rings. The monoisotopic (exact) mass is 330 g/mol. The van der Waals surface area contributed by atoms with E-state index in [0.717, 1.165) is 5.56 Å². The maximum Gasteiger partial charge on any atom is 0.272 e. The first-order valence-electron chi connectivity index (χ1n) is 8.01. The number of hydrazine groups is 1. The van der Waals surface area contributed by atoms with E-state index >= 15 is 0 Å². The molecule has 25 heavy (non-hydrogen) atoms. The Kier molecular flexibility index (Phi) is 5.22. The second kappa shape index (κ2) is 7.93. The van der Waals surface area contributed by atoms with Crippen molar-refractivity contribution in [2.75, 3.05) is 0 Å². The van der Waals surface area contributed by atoms with E-state index in [9.17, 15) is 9.59 Å². The molecule has 0 saturated carbocycles. The molecule has 0 aliphatic carbocycles. The lowest BCUT2D eigenvalue weighted by Gasteiger charge is -2.23. The van der Waals surface area contributed by atoms with Gasteiger partial charge >= 0.3 is 0 Å². The highest BCUT2D eigenvalue weighted by Gasteiger charge is 2.19. The van der Waals surface area contributed by atoms with Crippen LogP contribution < -0.4 is 5.43 Å². The fraction of sp³-hybridized carbons (Fsp3) is 0.0476. The van der Waals surface area contributed by atoms with Crippen LogP contribution in [0, 0.1) is 0 Å². The van der Waals surface area contributed by atoms with Crippen molar-refractivity contribution in [1.82, 2.24) is 10.4 Å². The van der Waals surface area contributed by atoms with Crippen LogP contribution in [0.4, 0.5) is 0 Å². The van der Waals surface area contributed by atoms with Gasteiger partial charge in [0.2, 0.25) is 0 Å². The van der Waals surface area contributed by atoms with E-state index in [1.807, 2.05) is 42.5 Å². The van der Waals surface area contributed by atoms with Crippen LogP contribution in [-0.2, 0) is 6.54 Å². The van der Waals surface area contributed by atoms with Gasteiger partial charge in [0.25, 0.3) is 11.8 Å². The number of carbonyl (C=O) groups excluding carboxylic acids is 2. The average Bonchev–Trinajstić information content (AvgIpc) is 2.69. The Morgan fingerprint density at radius 1 is 0.680 bits per heavy atom. The van der Waals surface area contributed by atoms with Crippen molar-refractivity contribution < 1.29 is 9.59 Å². The van der Waals surface area contributed by atoms with Crippen LogP contribution >= 0.6 is 0 Å². The van der Waals surface area contributed by atoms with Gasteiger partial charge in [-0.15, -0.1) is 0 Å². The van der Waals surface area contributed by atoms with Gasteiger partial charge in [0.15, 0.2) is 0 Å². The molecule has 124 valence electrons. The Balaban J connectivity index is 1.83. The predicted octanol–water partition coefficient (Wildman–Crippen LogP) is 3.67. The summed E-state index contributed by atoms with van der Waals surface area (Å²) in [5.41, 5.74) is 4.68. The van der Waals surface area contributed by atoms with Crippen LogP contribution in [0.1, 0.15) is 26.3 Å². The highest BCUT2D eigenvalue weighted by molar-refractivity contribution is 5.99. The number of hydrogen-bond donors (Lipinski definition) is 1. The number of hydrogen-bond acceptors (Lipinski definition) is 2. The normalized spacial score (nSPS) is 10.1. The Morgan fingerprint density at radius 3 is 1.72 bits per heavy atom. The van der Waals surface area contributed by atoms with E-state index in [1.165, 1.54) is 5.01 Å². The first kappa shape index (κ1) is 16.5. The molecule has 0 spiro atoms. The maximum atomic E-state index is 12.8. The van der Waals surface area contributed by atoms with Crippen LogP contribution in [0.5, 0.6) is 0 Å².